The molecule has 0 saturated carbocycles. The van der Waals surface area contributed by atoms with Crippen molar-refractivity contribution in [3.8, 4) is 0 Å². The number of rotatable bonds is 2. The summed E-state index contributed by atoms with van der Waals surface area (Å²) in [5.41, 5.74) is 2.70. The summed E-state index contributed by atoms with van der Waals surface area (Å²) in [5, 5.41) is 16.9. The lowest BCUT2D eigenvalue weighted by Crippen LogP contribution is -2.48. The Morgan fingerprint density at radius 2 is 2.00 bits per heavy atom. The van der Waals surface area contributed by atoms with Crippen LogP contribution in [0, 0.1) is 6.92 Å². The Labute approximate surface area is 107 Å². The standard InChI is InChI=1S/C7H7NO2.C4H8F3NO/c1-5-3-2-4-8-6(5)7(9)10;1-3(9,2-8)4(5,6)7/h2-4H,1H3,(H,9,10);9H,2,8H2,1H3. The summed E-state index contributed by atoms with van der Waals surface area (Å²) in [6.07, 6.45) is -3.15. The van der Waals surface area contributed by atoms with E-state index >= 15 is 0 Å². The molecule has 0 aromatic carbocycles. The number of aromatic carboxylic acids is 1. The van der Waals surface area contributed by atoms with Crippen molar-refractivity contribution < 1.29 is 28.2 Å². The highest BCUT2D eigenvalue weighted by Gasteiger charge is 2.48. The second-order valence-electron chi connectivity index (χ2n) is 3.95. The zero-order valence-electron chi connectivity index (χ0n) is 10.4. The van der Waals surface area contributed by atoms with Crippen LogP contribution in [0.4, 0.5) is 13.2 Å². The zero-order valence-corrected chi connectivity index (χ0v) is 10.4. The second-order valence-corrected chi connectivity index (χ2v) is 3.95. The summed E-state index contributed by atoms with van der Waals surface area (Å²) in [7, 11) is 0. The average Bonchev–Trinajstić information content (AvgIpc) is 2.28. The van der Waals surface area contributed by atoms with E-state index in [0.717, 1.165) is 0 Å². The van der Waals surface area contributed by atoms with Crippen molar-refractivity contribution in [1.82, 2.24) is 4.98 Å². The van der Waals surface area contributed by atoms with E-state index in [4.69, 9.17) is 10.2 Å². The van der Waals surface area contributed by atoms with Crippen LogP contribution in [0.2, 0.25) is 0 Å². The van der Waals surface area contributed by atoms with Gasteiger partial charge in [0.05, 0.1) is 0 Å². The maximum atomic E-state index is 11.5. The lowest BCUT2D eigenvalue weighted by molar-refractivity contribution is -0.248. The van der Waals surface area contributed by atoms with Gasteiger partial charge in [-0.05, 0) is 25.5 Å². The fraction of sp³-hybridized carbons (Fsp3) is 0.455. The Bertz CT molecular complexity index is 433. The fourth-order valence-corrected chi connectivity index (χ4v) is 0.825. The number of alkyl halides is 3. The molecule has 1 heterocycles. The monoisotopic (exact) mass is 280 g/mol. The summed E-state index contributed by atoms with van der Waals surface area (Å²) in [5.74, 6) is -0.974. The molecule has 0 aliphatic rings. The Hall–Kier alpha value is -1.67. The van der Waals surface area contributed by atoms with Crippen LogP contribution in [0.1, 0.15) is 23.0 Å². The van der Waals surface area contributed by atoms with Gasteiger partial charge < -0.3 is 15.9 Å². The van der Waals surface area contributed by atoms with E-state index in [1.807, 2.05) is 0 Å². The van der Waals surface area contributed by atoms with Gasteiger partial charge in [-0.1, -0.05) is 6.07 Å². The van der Waals surface area contributed by atoms with Gasteiger partial charge in [-0.2, -0.15) is 13.2 Å². The minimum absolute atomic E-state index is 0.127. The lowest BCUT2D eigenvalue weighted by atomic mass is 10.1. The van der Waals surface area contributed by atoms with Crippen LogP contribution in [0.15, 0.2) is 18.3 Å². The van der Waals surface area contributed by atoms with Crippen LogP contribution in [0.5, 0.6) is 0 Å². The molecule has 5 nitrogen and oxygen atoms in total. The maximum Gasteiger partial charge on any atom is 0.418 e. The Kier molecular flexibility index (Phi) is 5.91. The van der Waals surface area contributed by atoms with Gasteiger partial charge in [-0.25, -0.2) is 9.78 Å². The van der Waals surface area contributed by atoms with Crippen LogP contribution in [0.25, 0.3) is 0 Å². The minimum Gasteiger partial charge on any atom is -0.477 e. The molecule has 8 heteroatoms. The Balaban J connectivity index is 0.000000344. The summed E-state index contributed by atoms with van der Waals surface area (Å²) in [6, 6.07) is 3.43. The van der Waals surface area contributed by atoms with Crippen LogP contribution in [-0.2, 0) is 0 Å². The van der Waals surface area contributed by atoms with Crippen molar-refractivity contribution in [2.24, 2.45) is 5.73 Å². The summed E-state index contributed by atoms with van der Waals surface area (Å²) >= 11 is 0. The van der Waals surface area contributed by atoms with Crippen LogP contribution in [0.3, 0.4) is 0 Å². The molecule has 1 unspecified atom stereocenters. The van der Waals surface area contributed by atoms with Gasteiger partial charge in [0.25, 0.3) is 0 Å². The van der Waals surface area contributed by atoms with Crippen molar-refractivity contribution in [3.05, 3.63) is 29.6 Å². The predicted octanol–water partition coefficient (Wildman–Crippen LogP) is 1.35. The topological polar surface area (TPSA) is 96.4 Å². The number of carboxylic acids is 1. The molecule has 0 aliphatic heterocycles. The van der Waals surface area contributed by atoms with Gasteiger partial charge in [-0.15, -0.1) is 0 Å². The second kappa shape index (κ2) is 6.48. The number of carboxylic acid groups (broad SMARTS) is 1. The SMILES string of the molecule is CC(O)(CN)C(F)(F)F.Cc1cccnc1C(=O)O. The summed E-state index contributed by atoms with van der Waals surface area (Å²) in [6.45, 7) is 1.54. The molecule has 0 amide bonds. The Morgan fingerprint density at radius 3 is 2.21 bits per heavy atom. The van der Waals surface area contributed by atoms with Crippen molar-refractivity contribution in [2.45, 2.75) is 25.6 Å². The number of nitrogens with two attached hydrogens (primary N) is 1. The third-order valence-electron chi connectivity index (χ3n) is 2.22. The number of hydrogen-bond donors (Lipinski definition) is 3. The molecule has 0 radical (unpaired) electrons. The first-order valence-electron chi connectivity index (χ1n) is 5.17. The van der Waals surface area contributed by atoms with Crippen molar-refractivity contribution in [2.75, 3.05) is 6.54 Å². The number of carbonyl (C=O) groups is 1. The molecule has 1 atom stereocenters. The van der Waals surface area contributed by atoms with Crippen LogP contribution >= 0.6 is 0 Å². The molecule has 0 saturated heterocycles. The van der Waals surface area contributed by atoms with E-state index in [1.54, 1.807) is 19.1 Å². The first-order valence-corrected chi connectivity index (χ1v) is 5.17. The number of nitrogens with zero attached hydrogens (tertiary/aromatic N) is 1. The minimum atomic E-state index is -4.62. The van der Waals surface area contributed by atoms with Crippen LogP contribution < -0.4 is 5.73 Å². The predicted molar refractivity (Wildman–Crippen MR) is 61.7 cm³/mol. The molecule has 0 fully saturated rings. The van der Waals surface area contributed by atoms with E-state index < -0.39 is 24.3 Å². The van der Waals surface area contributed by atoms with Crippen molar-refractivity contribution in [3.63, 3.8) is 0 Å². The highest BCUT2D eigenvalue weighted by molar-refractivity contribution is 5.86. The van der Waals surface area contributed by atoms with E-state index in [9.17, 15) is 18.0 Å². The van der Waals surface area contributed by atoms with Crippen molar-refractivity contribution in [1.29, 1.82) is 0 Å². The normalized spacial score (nSPS) is 14.1. The van der Waals surface area contributed by atoms with Crippen LogP contribution in [-0.4, -0.2) is 39.5 Å². The molecule has 0 bridgehead atoms. The van der Waals surface area contributed by atoms with Gasteiger partial charge >= 0.3 is 12.1 Å². The smallest absolute Gasteiger partial charge is 0.418 e. The molecule has 1 aromatic rings. The Morgan fingerprint density at radius 1 is 1.47 bits per heavy atom. The van der Waals surface area contributed by atoms with E-state index in [0.29, 0.717) is 12.5 Å². The molecule has 0 spiro atoms. The largest absolute Gasteiger partial charge is 0.477 e. The number of pyridine rings is 1. The molecular formula is C11H15F3N2O3. The third-order valence-corrected chi connectivity index (χ3v) is 2.22. The molecule has 0 aliphatic carbocycles. The van der Waals surface area contributed by atoms with Gasteiger partial charge in [0.2, 0.25) is 0 Å². The maximum absolute atomic E-state index is 11.5. The molecule has 1 aromatic heterocycles. The van der Waals surface area contributed by atoms with Gasteiger partial charge in [-0.3, -0.25) is 0 Å². The molecule has 1 rings (SSSR count). The van der Waals surface area contributed by atoms with E-state index in [2.05, 4.69) is 10.7 Å². The first-order chi connectivity index (χ1) is 8.53. The van der Waals surface area contributed by atoms with Gasteiger partial charge in [0.15, 0.2) is 11.3 Å². The third kappa shape index (κ3) is 5.23. The van der Waals surface area contributed by atoms with E-state index in [-0.39, 0.29) is 5.69 Å². The zero-order chi connectivity index (χ0) is 15.3. The highest BCUT2D eigenvalue weighted by atomic mass is 19.4. The first kappa shape index (κ1) is 17.3. The highest BCUT2D eigenvalue weighted by Crippen LogP contribution is 2.28. The lowest BCUT2D eigenvalue weighted by Gasteiger charge is -2.23. The number of aliphatic hydroxyl groups is 1. The van der Waals surface area contributed by atoms with Crippen molar-refractivity contribution >= 4 is 5.97 Å². The summed E-state index contributed by atoms with van der Waals surface area (Å²) in [4.78, 5) is 14.0. The molecule has 108 valence electrons. The molecular weight excluding hydrogens is 265 g/mol. The fourth-order valence-electron chi connectivity index (χ4n) is 0.825. The number of hydrogen-bond acceptors (Lipinski definition) is 4. The number of halogens is 3. The summed E-state index contributed by atoms with van der Waals surface area (Å²) < 4.78 is 34.5. The van der Waals surface area contributed by atoms with E-state index in [1.165, 1.54) is 6.20 Å². The quantitative estimate of drug-likeness (QED) is 0.759. The van der Waals surface area contributed by atoms with Gasteiger partial charge in [0, 0.05) is 12.7 Å². The number of aromatic nitrogens is 1. The van der Waals surface area contributed by atoms with Gasteiger partial charge in [0.1, 0.15) is 0 Å². The number of aryl methyl sites for hydroxylation is 1. The molecule has 4 N–H and O–H groups in total. The molecule has 19 heavy (non-hydrogen) atoms. The average molecular weight is 280 g/mol.